The molecule has 36 heavy (non-hydrogen) atoms. The summed E-state index contributed by atoms with van der Waals surface area (Å²) in [5, 5.41) is 4.98. The molecule has 0 amide bonds. The first-order valence-electron chi connectivity index (χ1n) is 11.2. The number of benzene rings is 2. The fourth-order valence-corrected chi connectivity index (χ4v) is 4.61. The van der Waals surface area contributed by atoms with Crippen molar-refractivity contribution in [3.8, 4) is 11.5 Å². The molecular formula is C25H26Br3N3O5. The zero-order valence-corrected chi connectivity index (χ0v) is 25.2. The number of hydrogen-bond donors (Lipinski definition) is 0. The van der Waals surface area contributed by atoms with E-state index >= 15 is 0 Å². The number of methoxy groups -OCH3 is 1. The van der Waals surface area contributed by atoms with Crippen LogP contribution in [0.2, 0.25) is 0 Å². The smallest absolute Gasteiger partial charge is 0.344 e. The molecule has 0 N–H and O–H groups in total. The molecule has 0 aliphatic heterocycles. The van der Waals surface area contributed by atoms with Gasteiger partial charge in [-0.25, -0.2) is 9.78 Å². The third-order valence-corrected chi connectivity index (χ3v) is 7.91. The summed E-state index contributed by atoms with van der Waals surface area (Å²) in [5.74, 6) is 0.789. The second-order valence-corrected chi connectivity index (χ2v) is 10.8. The van der Waals surface area contributed by atoms with Gasteiger partial charge in [0.2, 0.25) is 0 Å². The van der Waals surface area contributed by atoms with Crippen molar-refractivity contribution < 1.29 is 19.0 Å². The summed E-state index contributed by atoms with van der Waals surface area (Å²) in [6, 6.07) is 7.11. The highest BCUT2D eigenvalue weighted by atomic mass is 79.9. The summed E-state index contributed by atoms with van der Waals surface area (Å²) in [4.78, 5) is 30.0. The van der Waals surface area contributed by atoms with Gasteiger partial charge in [-0.1, -0.05) is 29.8 Å². The van der Waals surface area contributed by atoms with E-state index in [-0.39, 0.29) is 24.2 Å². The van der Waals surface area contributed by atoms with Gasteiger partial charge in [-0.2, -0.15) is 9.78 Å². The molecule has 0 saturated carbocycles. The molecule has 0 spiro atoms. The van der Waals surface area contributed by atoms with E-state index in [4.69, 9.17) is 19.2 Å². The van der Waals surface area contributed by atoms with E-state index in [0.717, 1.165) is 10.9 Å². The monoisotopic (exact) mass is 685 g/mol. The summed E-state index contributed by atoms with van der Waals surface area (Å²) in [5.41, 5.74) is 0.971. The number of carbonyl (C=O) groups is 1. The summed E-state index contributed by atoms with van der Waals surface area (Å²) in [7, 11) is 1.49. The molecule has 2 aromatic carbocycles. The van der Waals surface area contributed by atoms with Crippen LogP contribution in [0.25, 0.3) is 10.9 Å². The molecule has 11 heteroatoms. The van der Waals surface area contributed by atoms with Crippen molar-refractivity contribution in [2.75, 3.05) is 13.7 Å². The molecule has 1 heterocycles. The van der Waals surface area contributed by atoms with E-state index in [1.807, 2.05) is 26.0 Å². The van der Waals surface area contributed by atoms with Crippen LogP contribution in [0.4, 0.5) is 0 Å². The van der Waals surface area contributed by atoms with E-state index < -0.39 is 5.97 Å². The van der Waals surface area contributed by atoms with Crippen LogP contribution >= 0.6 is 47.8 Å². The van der Waals surface area contributed by atoms with Crippen molar-refractivity contribution in [1.82, 2.24) is 9.66 Å². The molecule has 0 aliphatic rings. The third-order valence-electron chi connectivity index (χ3n) is 5.28. The Balaban J connectivity index is 2.05. The predicted octanol–water partition coefficient (Wildman–Crippen LogP) is 6.42. The standard InChI is InChI=1S/C25H26Br3N3O5/c1-6-14(4)24-30-18-8-7-16(26)10-17(18)25(33)31(24)29-11-15-9-19(34-5)23(22(28)21(15)27)35-12-20(32)36-13(2)3/h7-11,13-14H,6,12H2,1-5H3/t14-/m1/s1. The highest BCUT2D eigenvalue weighted by molar-refractivity contribution is 9.13. The minimum atomic E-state index is -0.492. The van der Waals surface area contributed by atoms with E-state index in [2.05, 4.69) is 52.9 Å². The highest BCUT2D eigenvalue weighted by Gasteiger charge is 2.19. The van der Waals surface area contributed by atoms with E-state index in [1.165, 1.54) is 11.8 Å². The first-order chi connectivity index (χ1) is 17.1. The molecular weight excluding hydrogens is 662 g/mol. The number of carbonyl (C=O) groups excluding carboxylic acids is 1. The number of hydrogen-bond acceptors (Lipinski definition) is 7. The Morgan fingerprint density at radius 1 is 1.17 bits per heavy atom. The van der Waals surface area contributed by atoms with Crippen molar-refractivity contribution in [1.29, 1.82) is 0 Å². The maximum Gasteiger partial charge on any atom is 0.344 e. The maximum absolute atomic E-state index is 13.4. The lowest BCUT2D eigenvalue weighted by Crippen LogP contribution is -2.23. The van der Waals surface area contributed by atoms with Crippen LogP contribution in [0.5, 0.6) is 11.5 Å². The SMILES string of the molecule is CC[C@@H](C)c1nc2ccc(Br)cc2c(=O)n1N=Cc1cc(OC)c(OCC(=O)OC(C)C)c(Br)c1Br. The first-order valence-corrected chi connectivity index (χ1v) is 13.6. The number of aromatic nitrogens is 2. The predicted molar refractivity (Wildman–Crippen MR) is 151 cm³/mol. The highest BCUT2D eigenvalue weighted by Crippen LogP contribution is 2.42. The van der Waals surface area contributed by atoms with Gasteiger partial charge in [0.15, 0.2) is 18.1 Å². The molecule has 0 unspecified atom stereocenters. The third kappa shape index (κ3) is 6.36. The van der Waals surface area contributed by atoms with E-state index in [1.54, 1.807) is 32.2 Å². The average molecular weight is 688 g/mol. The lowest BCUT2D eigenvalue weighted by molar-refractivity contribution is -0.149. The van der Waals surface area contributed by atoms with Gasteiger partial charge >= 0.3 is 5.97 Å². The van der Waals surface area contributed by atoms with Gasteiger partial charge in [0.25, 0.3) is 5.56 Å². The van der Waals surface area contributed by atoms with Gasteiger partial charge in [0, 0.05) is 20.4 Å². The molecule has 0 bridgehead atoms. The maximum atomic E-state index is 13.4. The number of halogens is 3. The Morgan fingerprint density at radius 3 is 2.53 bits per heavy atom. The summed E-state index contributed by atoms with van der Waals surface area (Å²) < 4.78 is 19.5. The number of rotatable bonds is 9. The molecule has 1 atom stereocenters. The molecule has 0 saturated heterocycles. The van der Waals surface area contributed by atoms with Crippen LogP contribution in [0.1, 0.15) is 51.4 Å². The van der Waals surface area contributed by atoms with Crippen molar-refractivity contribution in [3.63, 3.8) is 0 Å². The largest absolute Gasteiger partial charge is 0.493 e. The van der Waals surface area contributed by atoms with Crippen molar-refractivity contribution in [2.45, 2.75) is 46.1 Å². The van der Waals surface area contributed by atoms with E-state index in [0.29, 0.717) is 42.7 Å². The minimum absolute atomic E-state index is 0.00832. The van der Waals surface area contributed by atoms with Gasteiger partial charge in [-0.3, -0.25) is 4.79 Å². The molecule has 3 rings (SSSR count). The van der Waals surface area contributed by atoms with Crippen LogP contribution < -0.4 is 15.0 Å². The van der Waals surface area contributed by atoms with Crippen LogP contribution in [0.3, 0.4) is 0 Å². The van der Waals surface area contributed by atoms with Gasteiger partial charge in [-0.15, -0.1) is 0 Å². The van der Waals surface area contributed by atoms with Crippen molar-refractivity contribution in [2.24, 2.45) is 5.10 Å². The minimum Gasteiger partial charge on any atom is -0.493 e. The lowest BCUT2D eigenvalue weighted by Gasteiger charge is -2.16. The summed E-state index contributed by atoms with van der Waals surface area (Å²) in [6.45, 7) is 7.29. The lowest BCUT2D eigenvalue weighted by atomic mass is 10.1. The molecule has 0 radical (unpaired) electrons. The topological polar surface area (TPSA) is 92.0 Å². The fraction of sp³-hybridized carbons (Fsp3) is 0.360. The molecule has 192 valence electrons. The van der Waals surface area contributed by atoms with Crippen molar-refractivity contribution in [3.05, 3.63) is 59.4 Å². The fourth-order valence-electron chi connectivity index (χ4n) is 3.31. The molecule has 3 aromatic rings. The normalized spacial score (nSPS) is 12.4. The Kier molecular flexibility index (Phi) is 9.71. The van der Waals surface area contributed by atoms with Gasteiger partial charge in [0.1, 0.15) is 5.82 Å². The average Bonchev–Trinajstić information content (AvgIpc) is 2.84. The van der Waals surface area contributed by atoms with Gasteiger partial charge in [0.05, 0.1) is 34.8 Å². The number of nitrogens with zero attached hydrogens (tertiary/aromatic N) is 3. The number of esters is 1. The summed E-state index contributed by atoms with van der Waals surface area (Å²) in [6.07, 6.45) is 2.09. The van der Waals surface area contributed by atoms with Gasteiger partial charge in [-0.05, 0) is 76.4 Å². The molecule has 0 aliphatic carbocycles. The van der Waals surface area contributed by atoms with Crippen LogP contribution in [-0.4, -0.2) is 41.7 Å². The van der Waals surface area contributed by atoms with Crippen molar-refractivity contribution >= 4 is 70.9 Å². The molecule has 1 aromatic heterocycles. The zero-order chi connectivity index (χ0) is 26.6. The van der Waals surface area contributed by atoms with Crippen LogP contribution in [0.15, 0.2) is 47.6 Å². The van der Waals surface area contributed by atoms with E-state index in [9.17, 15) is 9.59 Å². The second-order valence-electron chi connectivity index (χ2n) is 8.25. The van der Waals surface area contributed by atoms with Crippen LogP contribution in [-0.2, 0) is 9.53 Å². The second kappa shape index (κ2) is 12.3. The molecule has 8 nitrogen and oxygen atoms in total. The Labute approximate surface area is 234 Å². The Morgan fingerprint density at radius 2 is 1.89 bits per heavy atom. The molecule has 0 fully saturated rings. The summed E-state index contributed by atoms with van der Waals surface area (Å²) >= 11 is 10.5. The zero-order valence-electron chi connectivity index (χ0n) is 20.5. The number of ether oxygens (including phenoxy) is 3. The Bertz CT molecular complexity index is 1370. The quantitative estimate of drug-likeness (QED) is 0.191. The van der Waals surface area contributed by atoms with Crippen LogP contribution in [0, 0.1) is 0 Å². The number of fused-ring (bicyclic) bond motifs is 1. The van der Waals surface area contributed by atoms with Gasteiger partial charge < -0.3 is 14.2 Å². The first kappa shape index (κ1) is 28.3. The Hall–Kier alpha value is -2.24.